The van der Waals surface area contributed by atoms with Crippen molar-refractivity contribution < 1.29 is 10.2 Å². The second-order valence-corrected chi connectivity index (χ2v) is 7.14. The zero-order chi connectivity index (χ0) is 23.8. The first kappa shape index (κ1) is 28.3. The summed E-state index contributed by atoms with van der Waals surface area (Å²) in [6, 6.07) is 16.9. The summed E-state index contributed by atoms with van der Waals surface area (Å²) in [4.78, 5) is 0. The molecule has 0 heterocycles. The number of aromatic hydroxyl groups is 2. The lowest BCUT2D eigenvalue weighted by atomic mass is 9.98. The van der Waals surface area contributed by atoms with Crippen molar-refractivity contribution in [3.05, 3.63) is 77.4 Å². The van der Waals surface area contributed by atoms with E-state index >= 15 is 0 Å². The minimum atomic E-state index is 0.244. The largest absolute Gasteiger partial charge is 0.508 e. The van der Waals surface area contributed by atoms with E-state index in [0.29, 0.717) is 5.92 Å². The Morgan fingerprint density at radius 1 is 0.742 bits per heavy atom. The first-order valence-corrected chi connectivity index (χ1v) is 11.7. The molecule has 2 heteroatoms. The van der Waals surface area contributed by atoms with E-state index in [4.69, 9.17) is 10.2 Å². The van der Waals surface area contributed by atoms with Crippen molar-refractivity contribution in [2.75, 3.05) is 0 Å². The molecule has 0 spiro atoms. The van der Waals surface area contributed by atoms with Gasteiger partial charge in [0.15, 0.2) is 0 Å². The van der Waals surface area contributed by atoms with Crippen LogP contribution in [0.3, 0.4) is 0 Å². The summed E-state index contributed by atoms with van der Waals surface area (Å²) in [6.45, 7) is 16.7. The lowest BCUT2D eigenvalue weighted by Gasteiger charge is -2.07. The Morgan fingerprint density at radius 3 is 1.68 bits per heavy atom. The van der Waals surface area contributed by atoms with E-state index in [1.807, 2.05) is 27.7 Å². The molecule has 0 saturated heterocycles. The second kappa shape index (κ2) is 16.0. The summed E-state index contributed by atoms with van der Waals surface area (Å²) in [7, 11) is 0. The molecule has 1 aliphatic carbocycles. The number of hydrogen-bond donors (Lipinski definition) is 2. The zero-order valence-corrected chi connectivity index (χ0v) is 20.7. The molecule has 0 atom stereocenters. The lowest BCUT2D eigenvalue weighted by Crippen LogP contribution is -1.90. The first-order chi connectivity index (χ1) is 14.9. The Balaban J connectivity index is 0.000000453. The highest BCUT2D eigenvalue weighted by molar-refractivity contribution is 5.85. The van der Waals surface area contributed by atoms with E-state index in [1.54, 1.807) is 36.4 Å². The van der Waals surface area contributed by atoms with Gasteiger partial charge in [0.05, 0.1) is 0 Å². The van der Waals surface area contributed by atoms with Gasteiger partial charge in [-0.05, 0) is 64.1 Å². The predicted octanol–water partition coefficient (Wildman–Crippen LogP) is 9.10. The van der Waals surface area contributed by atoms with Crippen LogP contribution in [0.1, 0.15) is 84.4 Å². The molecule has 3 aromatic rings. The Labute approximate surface area is 190 Å². The first-order valence-electron chi connectivity index (χ1n) is 11.7. The van der Waals surface area contributed by atoms with Crippen LogP contribution in [0.15, 0.2) is 60.7 Å². The molecule has 0 unspecified atom stereocenters. The van der Waals surface area contributed by atoms with E-state index in [1.165, 1.54) is 23.1 Å². The van der Waals surface area contributed by atoms with Gasteiger partial charge >= 0.3 is 0 Å². The van der Waals surface area contributed by atoms with Crippen molar-refractivity contribution in [1.29, 1.82) is 0 Å². The highest BCUT2D eigenvalue weighted by Crippen LogP contribution is 2.24. The summed E-state index contributed by atoms with van der Waals surface area (Å²) in [5, 5.41) is 20.1. The smallest absolute Gasteiger partial charge is 0.116 e. The van der Waals surface area contributed by atoms with Gasteiger partial charge in [0.25, 0.3) is 0 Å². The standard InChI is InChI=1S/C12H14.C10H8O2.C3H8.2C2H6/c1-9(2)11-7-6-10-4-3-5-12(10)8-11;11-9-3-1-7-5-10(12)4-2-8(7)6-9;1-3-2;2*1-2/h3-4,6-9H,5H2,1-2H3;1-6,11-12H;3H2,1-2H3;2*1-2H3. The maximum Gasteiger partial charge on any atom is 0.116 e. The molecule has 0 fully saturated rings. The molecule has 170 valence electrons. The van der Waals surface area contributed by atoms with Gasteiger partial charge in [-0.3, -0.25) is 0 Å². The SMILES string of the molecule is CC.CC.CC(C)c1ccc2c(c1)CC=C2.CCC.Oc1ccc2cc(O)ccc2c1. The van der Waals surface area contributed by atoms with Crippen LogP contribution in [0, 0.1) is 0 Å². The molecule has 31 heavy (non-hydrogen) atoms. The maximum absolute atomic E-state index is 9.14. The summed E-state index contributed by atoms with van der Waals surface area (Å²) in [5.41, 5.74) is 4.35. The van der Waals surface area contributed by atoms with Gasteiger partial charge in [0, 0.05) is 0 Å². The molecule has 0 amide bonds. The predicted molar refractivity (Wildman–Crippen MR) is 139 cm³/mol. The third-order valence-corrected chi connectivity index (χ3v) is 4.28. The number of allylic oxidation sites excluding steroid dienone is 1. The minimum Gasteiger partial charge on any atom is -0.508 e. The molecule has 2 N–H and O–H groups in total. The molecular formula is C29H42O2. The van der Waals surface area contributed by atoms with E-state index in [-0.39, 0.29) is 11.5 Å². The highest BCUT2D eigenvalue weighted by atomic mass is 16.3. The molecule has 0 saturated carbocycles. The lowest BCUT2D eigenvalue weighted by molar-refractivity contribution is 0.474. The summed E-state index contributed by atoms with van der Waals surface area (Å²) in [5.74, 6) is 1.14. The van der Waals surface area contributed by atoms with Gasteiger partial charge in [-0.2, -0.15) is 0 Å². The van der Waals surface area contributed by atoms with Crippen molar-refractivity contribution >= 4 is 16.8 Å². The Bertz CT molecular complexity index is 867. The van der Waals surface area contributed by atoms with Gasteiger partial charge in [0.2, 0.25) is 0 Å². The van der Waals surface area contributed by atoms with E-state index in [0.717, 1.165) is 17.2 Å². The molecule has 2 nitrogen and oxygen atoms in total. The van der Waals surface area contributed by atoms with E-state index < -0.39 is 0 Å². The van der Waals surface area contributed by atoms with Crippen LogP contribution in [0.4, 0.5) is 0 Å². The van der Waals surface area contributed by atoms with Crippen molar-refractivity contribution in [2.45, 2.75) is 74.1 Å². The monoisotopic (exact) mass is 422 g/mol. The van der Waals surface area contributed by atoms with Gasteiger partial charge in [-0.25, -0.2) is 0 Å². The Hall–Kier alpha value is -2.74. The fourth-order valence-corrected chi connectivity index (χ4v) is 2.86. The summed E-state index contributed by atoms with van der Waals surface area (Å²) < 4.78 is 0. The number of phenolic OH excluding ortho intramolecular Hbond substituents is 2. The number of fused-ring (bicyclic) bond motifs is 2. The van der Waals surface area contributed by atoms with Gasteiger partial charge in [-0.1, -0.05) is 104 Å². The second-order valence-electron chi connectivity index (χ2n) is 7.14. The number of benzene rings is 3. The van der Waals surface area contributed by atoms with Crippen LogP contribution < -0.4 is 0 Å². The van der Waals surface area contributed by atoms with Crippen LogP contribution in [-0.2, 0) is 6.42 Å². The number of rotatable bonds is 1. The Kier molecular flexibility index (Phi) is 14.6. The van der Waals surface area contributed by atoms with Crippen LogP contribution in [0.25, 0.3) is 16.8 Å². The van der Waals surface area contributed by atoms with E-state index in [9.17, 15) is 0 Å². The third-order valence-electron chi connectivity index (χ3n) is 4.28. The van der Waals surface area contributed by atoms with Crippen molar-refractivity contribution in [3.63, 3.8) is 0 Å². The van der Waals surface area contributed by atoms with Crippen LogP contribution in [-0.4, -0.2) is 10.2 Å². The van der Waals surface area contributed by atoms with Crippen LogP contribution in [0.2, 0.25) is 0 Å². The van der Waals surface area contributed by atoms with Crippen molar-refractivity contribution in [2.24, 2.45) is 0 Å². The van der Waals surface area contributed by atoms with Crippen LogP contribution in [0.5, 0.6) is 11.5 Å². The van der Waals surface area contributed by atoms with Gasteiger partial charge < -0.3 is 10.2 Å². The fraction of sp³-hybridized carbons (Fsp3) is 0.379. The van der Waals surface area contributed by atoms with Crippen molar-refractivity contribution in [1.82, 2.24) is 0 Å². The summed E-state index contributed by atoms with van der Waals surface area (Å²) >= 11 is 0. The highest BCUT2D eigenvalue weighted by Gasteiger charge is 2.06. The number of phenols is 2. The van der Waals surface area contributed by atoms with Gasteiger partial charge in [0.1, 0.15) is 11.5 Å². The average molecular weight is 423 g/mol. The Morgan fingerprint density at radius 2 is 1.23 bits per heavy atom. The molecule has 0 aliphatic heterocycles. The molecule has 3 aromatic carbocycles. The zero-order valence-electron chi connectivity index (χ0n) is 20.7. The summed E-state index contributed by atoms with van der Waals surface area (Å²) in [6.07, 6.45) is 6.81. The average Bonchev–Trinajstić information content (AvgIpc) is 3.26. The topological polar surface area (TPSA) is 40.5 Å². The van der Waals surface area contributed by atoms with Crippen LogP contribution >= 0.6 is 0 Å². The molecule has 0 aromatic heterocycles. The minimum absolute atomic E-state index is 0.244. The molecular weight excluding hydrogens is 380 g/mol. The maximum atomic E-state index is 9.14. The van der Waals surface area contributed by atoms with Crippen molar-refractivity contribution in [3.8, 4) is 11.5 Å². The fourth-order valence-electron chi connectivity index (χ4n) is 2.86. The van der Waals surface area contributed by atoms with Gasteiger partial charge in [-0.15, -0.1) is 0 Å². The quantitative estimate of drug-likeness (QED) is 0.410. The normalized spacial score (nSPS) is 10.4. The molecule has 1 aliphatic rings. The molecule has 0 radical (unpaired) electrons. The molecule has 0 bridgehead atoms. The number of hydrogen-bond acceptors (Lipinski definition) is 2. The molecule has 4 rings (SSSR count). The third kappa shape index (κ3) is 9.74. The van der Waals surface area contributed by atoms with E-state index in [2.05, 4.69) is 58.0 Å².